The van der Waals surface area contributed by atoms with E-state index in [0.29, 0.717) is 27.9 Å². The quantitative estimate of drug-likeness (QED) is 0.637. The van der Waals surface area contributed by atoms with Crippen molar-refractivity contribution in [1.29, 1.82) is 0 Å². The number of benzene rings is 1. The second kappa shape index (κ2) is 3.91. The number of nitrogens with two attached hydrogens (primary N) is 1. The van der Waals surface area contributed by atoms with Gasteiger partial charge in [0.15, 0.2) is 11.5 Å². The zero-order valence-electron chi connectivity index (χ0n) is 10.4. The van der Waals surface area contributed by atoms with Crippen LogP contribution < -0.4 is 20.8 Å². The molecule has 0 saturated carbocycles. The van der Waals surface area contributed by atoms with Crippen LogP contribution in [0.5, 0.6) is 11.5 Å². The number of fused-ring (bicyclic) bond motifs is 3. The highest BCUT2D eigenvalue weighted by Gasteiger charge is 2.14. The van der Waals surface area contributed by atoms with Gasteiger partial charge < -0.3 is 20.2 Å². The molecule has 0 radical (unpaired) electrons. The normalized spacial score (nSPS) is 11.1. The Hall–Kier alpha value is -2.70. The van der Waals surface area contributed by atoms with Crippen molar-refractivity contribution in [2.75, 3.05) is 20.0 Å². The van der Waals surface area contributed by atoms with Gasteiger partial charge in [-0.3, -0.25) is 9.78 Å². The van der Waals surface area contributed by atoms with E-state index in [-0.39, 0.29) is 11.5 Å². The number of methoxy groups -OCH3 is 2. The minimum atomic E-state index is -0.291. The lowest BCUT2D eigenvalue weighted by molar-refractivity contribution is 0.356. The zero-order chi connectivity index (χ0) is 13.6. The topological polar surface area (TPSA) is 106 Å². The van der Waals surface area contributed by atoms with E-state index in [9.17, 15) is 4.79 Å². The number of ether oxygens (including phenoxy) is 2. The number of aromatic amines is 2. The molecule has 0 aliphatic rings. The molecule has 2 aromatic heterocycles. The molecule has 0 atom stereocenters. The summed E-state index contributed by atoms with van der Waals surface area (Å²) in [6.45, 7) is 0. The van der Waals surface area contributed by atoms with Crippen LogP contribution in [0.25, 0.3) is 21.9 Å². The molecule has 0 bridgehead atoms. The van der Waals surface area contributed by atoms with E-state index in [2.05, 4.69) is 15.0 Å². The summed E-state index contributed by atoms with van der Waals surface area (Å²) >= 11 is 0. The predicted octanol–water partition coefficient (Wildman–Crippen LogP) is 1.00. The monoisotopic (exact) mass is 260 g/mol. The average molecular weight is 260 g/mol. The van der Waals surface area contributed by atoms with Crippen molar-refractivity contribution in [3.63, 3.8) is 0 Å². The van der Waals surface area contributed by atoms with Crippen LogP contribution in [0.15, 0.2) is 16.9 Å². The lowest BCUT2D eigenvalue weighted by Gasteiger charge is -2.06. The molecular weight excluding hydrogens is 248 g/mol. The number of nitrogens with zero attached hydrogens (tertiary/aromatic N) is 1. The maximum absolute atomic E-state index is 12.0. The fraction of sp³-hybridized carbons (Fsp3) is 0.167. The standard InChI is InChI=1S/C12H12N4O3/c1-18-7-3-5-6(4-8(7)19-2)14-10-9(5)11(17)16-12(13)15-10/h3-4H,1-2H3,(H4,13,14,15,16,17). The lowest BCUT2D eigenvalue weighted by atomic mass is 10.2. The second-order valence-corrected chi connectivity index (χ2v) is 4.05. The van der Waals surface area contributed by atoms with Crippen molar-refractivity contribution in [3.05, 3.63) is 22.5 Å². The number of H-pyrrole nitrogens is 2. The molecule has 2 heterocycles. The van der Waals surface area contributed by atoms with Gasteiger partial charge in [-0.05, 0) is 6.07 Å². The SMILES string of the molecule is COc1cc2[nH]c3nc(N)[nH]c(=O)c3c2cc1OC. The zero-order valence-corrected chi connectivity index (χ0v) is 10.4. The Morgan fingerprint density at radius 3 is 2.53 bits per heavy atom. The molecule has 7 heteroatoms. The Kier molecular flexibility index (Phi) is 2.34. The molecule has 0 spiro atoms. The Labute approximate surface area is 107 Å². The predicted molar refractivity (Wildman–Crippen MR) is 71.7 cm³/mol. The Morgan fingerprint density at radius 1 is 1.16 bits per heavy atom. The van der Waals surface area contributed by atoms with Crippen molar-refractivity contribution in [1.82, 2.24) is 15.0 Å². The van der Waals surface area contributed by atoms with Crippen LogP contribution in [0.2, 0.25) is 0 Å². The first-order valence-electron chi connectivity index (χ1n) is 5.57. The van der Waals surface area contributed by atoms with E-state index in [1.165, 1.54) is 0 Å². The number of aromatic nitrogens is 3. The van der Waals surface area contributed by atoms with Crippen LogP contribution >= 0.6 is 0 Å². The summed E-state index contributed by atoms with van der Waals surface area (Å²) in [6.07, 6.45) is 0. The maximum atomic E-state index is 12.0. The highest BCUT2D eigenvalue weighted by molar-refractivity contribution is 6.06. The number of nitrogen functional groups attached to an aromatic ring is 1. The van der Waals surface area contributed by atoms with Gasteiger partial charge in [0, 0.05) is 11.5 Å². The van der Waals surface area contributed by atoms with Crippen molar-refractivity contribution in [2.45, 2.75) is 0 Å². The number of nitrogens with one attached hydrogen (secondary N) is 2. The first-order valence-corrected chi connectivity index (χ1v) is 5.57. The average Bonchev–Trinajstić information content (AvgIpc) is 2.73. The van der Waals surface area contributed by atoms with Crippen LogP contribution in [-0.2, 0) is 0 Å². The van der Waals surface area contributed by atoms with Crippen molar-refractivity contribution >= 4 is 27.9 Å². The van der Waals surface area contributed by atoms with Gasteiger partial charge in [0.05, 0.1) is 25.1 Å². The van der Waals surface area contributed by atoms with Crippen LogP contribution in [0.3, 0.4) is 0 Å². The van der Waals surface area contributed by atoms with E-state index < -0.39 is 0 Å². The molecule has 1 aromatic carbocycles. The lowest BCUT2D eigenvalue weighted by Crippen LogP contribution is -2.10. The molecule has 3 rings (SSSR count). The first kappa shape index (κ1) is 11.4. The van der Waals surface area contributed by atoms with Crippen molar-refractivity contribution in [3.8, 4) is 11.5 Å². The molecule has 4 N–H and O–H groups in total. The van der Waals surface area contributed by atoms with Crippen LogP contribution in [0.1, 0.15) is 0 Å². The third kappa shape index (κ3) is 1.59. The van der Waals surface area contributed by atoms with Crippen molar-refractivity contribution < 1.29 is 9.47 Å². The van der Waals surface area contributed by atoms with Gasteiger partial charge in [0.25, 0.3) is 5.56 Å². The Balaban J connectivity index is 2.48. The number of hydrogen-bond donors (Lipinski definition) is 3. The summed E-state index contributed by atoms with van der Waals surface area (Å²) in [5, 5.41) is 1.16. The third-order valence-corrected chi connectivity index (χ3v) is 2.98. The van der Waals surface area contributed by atoms with Gasteiger partial charge in [-0.25, -0.2) is 0 Å². The molecule has 0 aliphatic heterocycles. The van der Waals surface area contributed by atoms with E-state index in [0.717, 1.165) is 5.52 Å². The summed E-state index contributed by atoms with van der Waals surface area (Å²) in [5.74, 6) is 1.20. The Bertz CT molecular complexity index is 834. The molecule has 0 unspecified atom stereocenters. The van der Waals surface area contributed by atoms with E-state index >= 15 is 0 Å². The molecule has 98 valence electrons. The summed E-state index contributed by atoms with van der Waals surface area (Å²) in [4.78, 5) is 21.5. The third-order valence-electron chi connectivity index (χ3n) is 2.98. The summed E-state index contributed by atoms with van der Waals surface area (Å²) in [5.41, 5.74) is 6.40. The first-order chi connectivity index (χ1) is 9.13. The van der Waals surface area contributed by atoms with Gasteiger partial charge in [-0.2, -0.15) is 4.98 Å². The maximum Gasteiger partial charge on any atom is 0.262 e. The largest absolute Gasteiger partial charge is 0.493 e. The van der Waals surface area contributed by atoms with Gasteiger partial charge in [0.2, 0.25) is 5.95 Å². The van der Waals surface area contributed by atoms with Crippen LogP contribution in [0, 0.1) is 0 Å². The molecular formula is C12H12N4O3. The number of rotatable bonds is 2. The fourth-order valence-electron chi connectivity index (χ4n) is 2.15. The molecule has 3 aromatic rings. The molecule has 0 aliphatic carbocycles. The summed E-state index contributed by atoms with van der Waals surface area (Å²) < 4.78 is 10.4. The van der Waals surface area contributed by atoms with E-state index in [1.54, 1.807) is 26.4 Å². The summed E-state index contributed by atoms with van der Waals surface area (Å²) in [7, 11) is 3.09. The minimum absolute atomic E-state index is 0.0722. The smallest absolute Gasteiger partial charge is 0.262 e. The highest BCUT2D eigenvalue weighted by Crippen LogP contribution is 2.34. The molecule has 7 nitrogen and oxygen atoms in total. The van der Waals surface area contributed by atoms with Crippen molar-refractivity contribution in [2.24, 2.45) is 0 Å². The van der Waals surface area contributed by atoms with E-state index in [4.69, 9.17) is 15.2 Å². The molecule has 0 fully saturated rings. The van der Waals surface area contributed by atoms with Gasteiger partial charge in [-0.1, -0.05) is 0 Å². The van der Waals surface area contributed by atoms with Crippen LogP contribution in [-0.4, -0.2) is 29.2 Å². The molecule has 0 amide bonds. The molecule has 19 heavy (non-hydrogen) atoms. The van der Waals surface area contributed by atoms with Gasteiger partial charge >= 0.3 is 0 Å². The fourth-order valence-corrected chi connectivity index (χ4v) is 2.15. The van der Waals surface area contributed by atoms with Gasteiger partial charge in [-0.15, -0.1) is 0 Å². The number of anilines is 1. The van der Waals surface area contributed by atoms with Gasteiger partial charge in [0.1, 0.15) is 5.65 Å². The molecule has 0 saturated heterocycles. The highest BCUT2D eigenvalue weighted by atomic mass is 16.5. The second-order valence-electron chi connectivity index (χ2n) is 4.05. The number of hydrogen-bond acceptors (Lipinski definition) is 5. The van der Waals surface area contributed by atoms with E-state index in [1.807, 2.05) is 0 Å². The summed E-state index contributed by atoms with van der Waals surface area (Å²) in [6, 6.07) is 3.49. The Morgan fingerprint density at radius 2 is 1.84 bits per heavy atom. The minimum Gasteiger partial charge on any atom is -0.493 e. The van der Waals surface area contributed by atoms with Crippen LogP contribution in [0.4, 0.5) is 5.95 Å².